The van der Waals surface area contributed by atoms with Gasteiger partial charge in [0.25, 0.3) is 5.91 Å². The van der Waals surface area contributed by atoms with E-state index in [2.05, 4.69) is 15.9 Å². The lowest BCUT2D eigenvalue weighted by molar-refractivity contribution is 0.0741. The van der Waals surface area contributed by atoms with Crippen molar-refractivity contribution in [3.8, 4) is 0 Å². The molecule has 1 aliphatic heterocycles. The molecule has 3 nitrogen and oxygen atoms in total. The van der Waals surface area contributed by atoms with Crippen LogP contribution in [-0.2, 0) is 4.74 Å². The molecule has 1 saturated heterocycles. The molecule has 92 valence electrons. The van der Waals surface area contributed by atoms with Crippen LogP contribution in [0.25, 0.3) is 0 Å². The number of hydrogen-bond acceptors (Lipinski definition) is 2. The van der Waals surface area contributed by atoms with Gasteiger partial charge in [0.2, 0.25) is 0 Å². The summed E-state index contributed by atoms with van der Waals surface area (Å²) in [6.07, 6.45) is 0.915. The van der Waals surface area contributed by atoms with E-state index in [9.17, 15) is 4.79 Å². The average molecular weight is 298 g/mol. The molecule has 0 saturated carbocycles. The van der Waals surface area contributed by atoms with E-state index in [1.165, 1.54) is 0 Å². The van der Waals surface area contributed by atoms with Gasteiger partial charge in [0.1, 0.15) is 0 Å². The first kappa shape index (κ1) is 12.6. The van der Waals surface area contributed by atoms with Crippen molar-refractivity contribution in [3.05, 3.63) is 33.8 Å². The molecule has 0 N–H and O–H groups in total. The minimum atomic E-state index is 0.0937. The van der Waals surface area contributed by atoms with Gasteiger partial charge in [-0.1, -0.05) is 22.0 Å². The molecule has 0 atom stereocenters. The summed E-state index contributed by atoms with van der Waals surface area (Å²) in [5.41, 5.74) is 1.88. The van der Waals surface area contributed by atoms with Gasteiger partial charge in [-0.15, -0.1) is 0 Å². The molecule has 1 heterocycles. The summed E-state index contributed by atoms with van der Waals surface area (Å²) in [5.74, 6) is 0.0937. The maximum absolute atomic E-state index is 12.3. The summed E-state index contributed by atoms with van der Waals surface area (Å²) in [6, 6.07) is 5.74. The molecule has 17 heavy (non-hydrogen) atoms. The Morgan fingerprint density at radius 1 is 1.35 bits per heavy atom. The highest BCUT2D eigenvalue weighted by Gasteiger charge is 2.17. The van der Waals surface area contributed by atoms with E-state index in [1.54, 1.807) is 0 Å². The number of hydrogen-bond donors (Lipinski definition) is 0. The first-order valence-electron chi connectivity index (χ1n) is 5.81. The van der Waals surface area contributed by atoms with Crippen molar-refractivity contribution in [1.29, 1.82) is 0 Å². The number of carbonyl (C=O) groups is 1. The van der Waals surface area contributed by atoms with Crippen LogP contribution in [0, 0.1) is 6.92 Å². The lowest BCUT2D eigenvalue weighted by atomic mass is 10.1. The van der Waals surface area contributed by atoms with E-state index in [0.717, 1.165) is 35.2 Å². The smallest absolute Gasteiger partial charge is 0.253 e. The number of carbonyl (C=O) groups excluding carboxylic acids is 1. The summed E-state index contributed by atoms with van der Waals surface area (Å²) in [4.78, 5) is 14.1. The fourth-order valence-corrected chi connectivity index (χ4v) is 2.24. The Morgan fingerprint density at radius 2 is 2.18 bits per heavy atom. The summed E-state index contributed by atoms with van der Waals surface area (Å²) in [6.45, 7) is 4.87. The van der Waals surface area contributed by atoms with E-state index in [-0.39, 0.29) is 5.91 Å². The zero-order valence-corrected chi connectivity index (χ0v) is 11.5. The first-order valence-corrected chi connectivity index (χ1v) is 6.61. The first-order chi connectivity index (χ1) is 8.18. The highest BCUT2D eigenvalue weighted by atomic mass is 79.9. The van der Waals surface area contributed by atoms with Crippen LogP contribution in [0.3, 0.4) is 0 Å². The zero-order valence-electron chi connectivity index (χ0n) is 9.91. The molecule has 4 heteroatoms. The van der Waals surface area contributed by atoms with Gasteiger partial charge in [0, 0.05) is 29.7 Å². The fraction of sp³-hybridized carbons (Fsp3) is 0.462. The maximum atomic E-state index is 12.3. The minimum absolute atomic E-state index is 0.0937. The monoisotopic (exact) mass is 297 g/mol. The Balaban J connectivity index is 2.14. The van der Waals surface area contributed by atoms with Crippen LogP contribution < -0.4 is 0 Å². The molecule has 0 aliphatic carbocycles. The number of amides is 1. The number of benzene rings is 1. The van der Waals surface area contributed by atoms with Crippen molar-refractivity contribution in [2.75, 3.05) is 26.3 Å². The summed E-state index contributed by atoms with van der Waals surface area (Å²) >= 11 is 3.46. The molecule has 1 aromatic rings. The van der Waals surface area contributed by atoms with Gasteiger partial charge in [-0.05, 0) is 31.0 Å². The standard InChI is InChI=1S/C13H16BrNO2/c1-10-3-4-11(9-12(10)14)13(16)15-5-2-7-17-8-6-15/h3-4,9H,2,5-8H2,1H3. The van der Waals surface area contributed by atoms with Gasteiger partial charge < -0.3 is 9.64 Å². The maximum Gasteiger partial charge on any atom is 0.253 e. The lowest BCUT2D eigenvalue weighted by Gasteiger charge is -2.19. The van der Waals surface area contributed by atoms with Crippen molar-refractivity contribution in [3.63, 3.8) is 0 Å². The highest BCUT2D eigenvalue weighted by Crippen LogP contribution is 2.19. The molecule has 0 aromatic heterocycles. The van der Waals surface area contributed by atoms with Gasteiger partial charge in [-0.3, -0.25) is 4.79 Å². The van der Waals surface area contributed by atoms with Crippen LogP contribution in [0.5, 0.6) is 0 Å². The third-order valence-electron chi connectivity index (χ3n) is 2.93. The molecule has 0 unspecified atom stereocenters. The fourth-order valence-electron chi connectivity index (χ4n) is 1.86. The SMILES string of the molecule is Cc1ccc(C(=O)N2CCCOCC2)cc1Br. The van der Waals surface area contributed by atoms with Crippen molar-refractivity contribution >= 4 is 21.8 Å². The Morgan fingerprint density at radius 3 is 2.94 bits per heavy atom. The predicted octanol–water partition coefficient (Wildman–Crippen LogP) is 2.62. The highest BCUT2D eigenvalue weighted by molar-refractivity contribution is 9.10. The number of halogens is 1. The molecule has 2 rings (SSSR count). The van der Waals surface area contributed by atoms with E-state index in [0.29, 0.717) is 13.2 Å². The van der Waals surface area contributed by atoms with Gasteiger partial charge in [0.15, 0.2) is 0 Å². The number of nitrogens with zero attached hydrogens (tertiary/aromatic N) is 1. The average Bonchev–Trinajstić information content (AvgIpc) is 2.60. The second-order valence-electron chi connectivity index (χ2n) is 4.22. The van der Waals surface area contributed by atoms with Crippen LogP contribution >= 0.6 is 15.9 Å². The molecule has 1 fully saturated rings. The molecule has 1 aliphatic rings. The Kier molecular flexibility index (Phi) is 4.18. The third-order valence-corrected chi connectivity index (χ3v) is 3.78. The van der Waals surface area contributed by atoms with Crippen LogP contribution in [0.4, 0.5) is 0 Å². The second kappa shape index (κ2) is 5.65. The van der Waals surface area contributed by atoms with Gasteiger partial charge in [-0.2, -0.15) is 0 Å². The van der Waals surface area contributed by atoms with Crippen LogP contribution in [0.15, 0.2) is 22.7 Å². The van der Waals surface area contributed by atoms with Crippen LogP contribution in [0.2, 0.25) is 0 Å². The minimum Gasteiger partial charge on any atom is -0.380 e. The molecule has 0 bridgehead atoms. The van der Waals surface area contributed by atoms with Crippen molar-refractivity contribution in [1.82, 2.24) is 4.90 Å². The summed E-state index contributed by atoms with van der Waals surface area (Å²) < 4.78 is 6.33. The normalized spacial score (nSPS) is 16.7. The topological polar surface area (TPSA) is 29.5 Å². The van der Waals surface area contributed by atoms with Crippen molar-refractivity contribution in [2.24, 2.45) is 0 Å². The molecule has 1 amide bonds. The molecular weight excluding hydrogens is 282 g/mol. The van der Waals surface area contributed by atoms with E-state index >= 15 is 0 Å². The lowest BCUT2D eigenvalue weighted by Crippen LogP contribution is -2.33. The summed E-state index contributed by atoms with van der Waals surface area (Å²) in [7, 11) is 0. The molecule has 0 radical (unpaired) electrons. The summed E-state index contributed by atoms with van der Waals surface area (Å²) in [5, 5.41) is 0. The molecule has 0 spiro atoms. The van der Waals surface area contributed by atoms with E-state index in [4.69, 9.17) is 4.74 Å². The van der Waals surface area contributed by atoms with Crippen LogP contribution in [-0.4, -0.2) is 37.1 Å². The van der Waals surface area contributed by atoms with E-state index < -0.39 is 0 Å². The predicted molar refractivity (Wildman–Crippen MR) is 70.2 cm³/mol. The van der Waals surface area contributed by atoms with Crippen molar-refractivity contribution in [2.45, 2.75) is 13.3 Å². The van der Waals surface area contributed by atoms with Gasteiger partial charge >= 0.3 is 0 Å². The zero-order chi connectivity index (χ0) is 12.3. The van der Waals surface area contributed by atoms with Gasteiger partial charge in [0.05, 0.1) is 6.61 Å². The number of ether oxygens (including phenoxy) is 1. The second-order valence-corrected chi connectivity index (χ2v) is 5.08. The third kappa shape index (κ3) is 3.07. The van der Waals surface area contributed by atoms with E-state index in [1.807, 2.05) is 30.0 Å². The quantitative estimate of drug-likeness (QED) is 0.797. The molecule has 1 aromatic carbocycles. The Labute approximate surface area is 110 Å². The largest absolute Gasteiger partial charge is 0.380 e. The van der Waals surface area contributed by atoms with Crippen LogP contribution in [0.1, 0.15) is 22.3 Å². The Hall–Kier alpha value is -0.870. The van der Waals surface area contributed by atoms with Crippen molar-refractivity contribution < 1.29 is 9.53 Å². The molecular formula is C13H16BrNO2. The number of rotatable bonds is 1. The Bertz CT molecular complexity index is 412. The van der Waals surface area contributed by atoms with Gasteiger partial charge in [-0.25, -0.2) is 0 Å². The number of aryl methyl sites for hydroxylation is 1.